The molecule has 0 bridgehead atoms. The molecule has 4 atom stereocenters. The van der Waals surface area contributed by atoms with Crippen LogP contribution in [-0.4, -0.2) is 51.1 Å². The van der Waals surface area contributed by atoms with Gasteiger partial charge in [-0.15, -0.1) is 0 Å². The van der Waals surface area contributed by atoms with Crippen LogP contribution in [0.25, 0.3) is 0 Å². The number of nitrogens with one attached hydrogen (secondary N) is 1. The Bertz CT molecular complexity index is 1370. The van der Waals surface area contributed by atoms with Crippen LogP contribution >= 0.6 is 23.4 Å². The molecule has 1 amide bonds. The second kappa shape index (κ2) is 17.4. The van der Waals surface area contributed by atoms with E-state index in [4.69, 9.17) is 16.3 Å². The van der Waals surface area contributed by atoms with Gasteiger partial charge in [-0.05, 0) is 79.8 Å². The molecule has 3 aromatic rings. The van der Waals surface area contributed by atoms with E-state index in [0.717, 1.165) is 24.8 Å². The molecule has 1 saturated carbocycles. The molecule has 4 rings (SSSR count). The van der Waals surface area contributed by atoms with E-state index in [2.05, 4.69) is 5.32 Å². The van der Waals surface area contributed by atoms with Crippen LogP contribution in [0.15, 0.2) is 78.9 Å². The molecular formula is C35H40ClNO6S. The number of Topliss-reactive ketones (excluding diaryl/α,β-unsaturated/α-hetero) is 1. The number of hydrogen-bond donors (Lipinski definition) is 3. The summed E-state index contributed by atoms with van der Waals surface area (Å²) >= 11 is 7.54. The number of ketones is 1. The first-order valence-corrected chi connectivity index (χ1v) is 16.6. The van der Waals surface area contributed by atoms with Crippen molar-refractivity contribution >= 4 is 46.7 Å². The predicted molar refractivity (Wildman–Crippen MR) is 175 cm³/mol. The van der Waals surface area contributed by atoms with E-state index in [9.17, 15) is 24.6 Å². The Hall–Kier alpha value is -3.17. The largest absolute Gasteiger partial charge is 0.427 e. The lowest BCUT2D eigenvalue weighted by Crippen LogP contribution is -2.26. The van der Waals surface area contributed by atoms with Crippen LogP contribution in [-0.2, 0) is 16.0 Å². The van der Waals surface area contributed by atoms with Crippen LogP contribution in [0.1, 0.15) is 67.3 Å². The Kier molecular flexibility index (Phi) is 13.3. The number of carbonyl (C=O) groups excluding carboxylic acids is 3. The van der Waals surface area contributed by atoms with Gasteiger partial charge in [-0.3, -0.25) is 14.4 Å². The van der Waals surface area contributed by atoms with Gasteiger partial charge in [0.25, 0.3) is 5.91 Å². The molecule has 1 unspecified atom stereocenters. The third-order valence-corrected chi connectivity index (χ3v) is 9.60. The summed E-state index contributed by atoms with van der Waals surface area (Å²) < 4.78 is 5.43. The van der Waals surface area contributed by atoms with E-state index in [0.29, 0.717) is 59.9 Å². The van der Waals surface area contributed by atoms with Gasteiger partial charge in [-0.25, -0.2) is 0 Å². The number of aryl methyl sites for hydroxylation is 1. The van der Waals surface area contributed by atoms with E-state index < -0.39 is 12.2 Å². The summed E-state index contributed by atoms with van der Waals surface area (Å²) in [5.41, 5.74) is 2.24. The fourth-order valence-corrected chi connectivity index (χ4v) is 7.04. The highest BCUT2D eigenvalue weighted by Crippen LogP contribution is 2.37. The quantitative estimate of drug-likeness (QED) is 0.0891. The first-order chi connectivity index (χ1) is 21.3. The number of halogens is 1. The van der Waals surface area contributed by atoms with E-state index in [1.165, 1.54) is 11.8 Å². The molecule has 0 saturated heterocycles. The SMILES string of the molecule is O=C(CCCCCC[C@H]1C(=O)C[C@@H](O)[C@@H]1SCC(O)CCc1cccc(Cl)c1)Oc1ccc(NC(=O)c2ccccc2)cc1. The number of anilines is 1. The maximum atomic E-state index is 12.6. The Labute approximate surface area is 268 Å². The summed E-state index contributed by atoms with van der Waals surface area (Å²) in [6.07, 6.45) is 4.50. The smallest absolute Gasteiger partial charge is 0.311 e. The zero-order chi connectivity index (χ0) is 31.3. The minimum Gasteiger partial charge on any atom is -0.427 e. The number of thioether (sulfide) groups is 1. The summed E-state index contributed by atoms with van der Waals surface area (Å²) in [6.45, 7) is 0. The molecule has 234 valence electrons. The van der Waals surface area contributed by atoms with Crippen molar-refractivity contribution in [3.05, 3.63) is 95.0 Å². The molecule has 9 heteroatoms. The van der Waals surface area contributed by atoms with Crippen molar-refractivity contribution in [2.24, 2.45) is 5.92 Å². The summed E-state index contributed by atoms with van der Waals surface area (Å²) in [5.74, 6) is 0.255. The molecule has 0 heterocycles. The van der Waals surface area contributed by atoms with Gasteiger partial charge in [0.1, 0.15) is 11.5 Å². The zero-order valence-electron chi connectivity index (χ0n) is 24.7. The molecule has 0 aromatic heterocycles. The highest BCUT2D eigenvalue weighted by Gasteiger charge is 2.41. The molecule has 3 N–H and O–H groups in total. The summed E-state index contributed by atoms with van der Waals surface area (Å²) in [4.78, 5) is 37.2. The minimum absolute atomic E-state index is 0.0950. The maximum Gasteiger partial charge on any atom is 0.311 e. The van der Waals surface area contributed by atoms with Crippen molar-refractivity contribution in [3.63, 3.8) is 0 Å². The molecule has 7 nitrogen and oxygen atoms in total. The monoisotopic (exact) mass is 637 g/mol. The number of benzene rings is 3. The molecule has 44 heavy (non-hydrogen) atoms. The molecule has 1 fully saturated rings. The van der Waals surface area contributed by atoms with Crippen molar-refractivity contribution in [1.82, 2.24) is 0 Å². The minimum atomic E-state index is -0.679. The third kappa shape index (κ3) is 10.8. The number of unbranched alkanes of at least 4 members (excludes halogenated alkanes) is 3. The number of hydrogen-bond acceptors (Lipinski definition) is 7. The first-order valence-electron chi connectivity index (χ1n) is 15.2. The van der Waals surface area contributed by atoms with Crippen LogP contribution in [0.2, 0.25) is 5.02 Å². The molecule has 0 aliphatic heterocycles. The van der Waals surface area contributed by atoms with E-state index in [1.54, 1.807) is 48.5 Å². The lowest BCUT2D eigenvalue weighted by Gasteiger charge is -2.22. The van der Waals surface area contributed by atoms with Gasteiger partial charge in [-0.1, -0.05) is 61.2 Å². The van der Waals surface area contributed by atoms with Crippen molar-refractivity contribution in [3.8, 4) is 5.75 Å². The molecular weight excluding hydrogens is 598 g/mol. The molecule has 0 spiro atoms. The number of aliphatic hydroxyl groups excluding tert-OH is 2. The Morgan fingerprint density at radius 2 is 1.73 bits per heavy atom. The van der Waals surface area contributed by atoms with Crippen molar-refractivity contribution < 1.29 is 29.3 Å². The van der Waals surface area contributed by atoms with Crippen LogP contribution in [0.5, 0.6) is 5.75 Å². The zero-order valence-corrected chi connectivity index (χ0v) is 26.3. The number of esters is 1. The van der Waals surface area contributed by atoms with Crippen molar-refractivity contribution in [2.45, 2.75) is 75.2 Å². The molecule has 1 aliphatic rings. The second-order valence-electron chi connectivity index (χ2n) is 11.2. The molecule has 0 radical (unpaired) electrons. The predicted octanol–water partition coefficient (Wildman–Crippen LogP) is 6.88. The maximum absolute atomic E-state index is 12.6. The molecule has 3 aromatic carbocycles. The average Bonchev–Trinajstić information content (AvgIpc) is 3.29. The van der Waals surface area contributed by atoms with E-state index in [1.807, 2.05) is 30.3 Å². The number of aliphatic hydroxyl groups is 2. The van der Waals surface area contributed by atoms with Crippen LogP contribution in [0.4, 0.5) is 5.69 Å². The standard InChI is InChI=1S/C35H40ClNO6S/c36-26-12-8-9-24(21-26)15-18-28(38)23-44-34-30(31(39)22-32(34)40)13-6-1-2-7-14-33(41)43-29-19-16-27(17-20-29)37-35(42)25-10-4-3-5-11-25/h3-5,8-12,16-17,19-21,28,30,32,34,38,40H,1-2,6-7,13-15,18,22-23H2,(H,37,42)/t28?,30-,32+,34+/m0/s1. The summed E-state index contributed by atoms with van der Waals surface area (Å²) in [7, 11) is 0. The lowest BCUT2D eigenvalue weighted by molar-refractivity contribution is -0.134. The topological polar surface area (TPSA) is 113 Å². The average molecular weight is 638 g/mol. The van der Waals surface area contributed by atoms with Crippen molar-refractivity contribution in [1.29, 1.82) is 0 Å². The Morgan fingerprint density at radius 3 is 2.48 bits per heavy atom. The first kappa shape index (κ1) is 33.7. The number of rotatable bonds is 16. The van der Waals surface area contributed by atoms with Crippen molar-refractivity contribution in [2.75, 3.05) is 11.1 Å². The number of amides is 1. The van der Waals surface area contributed by atoms with Gasteiger partial charge >= 0.3 is 5.97 Å². The van der Waals surface area contributed by atoms with E-state index in [-0.39, 0.29) is 35.2 Å². The summed E-state index contributed by atoms with van der Waals surface area (Å²) in [5, 5.41) is 24.3. The summed E-state index contributed by atoms with van der Waals surface area (Å²) in [6, 6.07) is 23.2. The van der Waals surface area contributed by atoms with E-state index >= 15 is 0 Å². The van der Waals surface area contributed by atoms with Gasteiger partial charge in [0.2, 0.25) is 0 Å². The third-order valence-electron chi connectivity index (χ3n) is 7.76. The molecule has 1 aliphatic carbocycles. The van der Waals surface area contributed by atoms with Gasteiger partial charge in [0, 0.05) is 46.0 Å². The highest BCUT2D eigenvalue weighted by atomic mass is 35.5. The van der Waals surface area contributed by atoms with Gasteiger partial charge in [-0.2, -0.15) is 11.8 Å². The fourth-order valence-electron chi connectivity index (χ4n) is 5.38. The normalized spacial score (nSPS) is 18.6. The van der Waals surface area contributed by atoms with Crippen LogP contribution in [0, 0.1) is 5.92 Å². The number of ether oxygens (including phenoxy) is 1. The fraction of sp³-hybridized carbons (Fsp3) is 0.400. The van der Waals surface area contributed by atoms with Gasteiger partial charge in [0.15, 0.2) is 0 Å². The van der Waals surface area contributed by atoms with Crippen LogP contribution < -0.4 is 10.1 Å². The van der Waals surface area contributed by atoms with Gasteiger partial charge < -0.3 is 20.3 Å². The Morgan fingerprint density at radius 1 is 0.977 bits per heavy atom. The van der Waals surface area contributed by atoms with Crippen LogP contribution in [0.3, 0.4) is 0 Å². The Balaban J connectivity index is 1.09. The lowest BCUT2D eigenvalue weighted by atomic mass is 9.98. The van der Waals surface area contributed by atoms with Gasteiger partial charge in [0.05, 0.1) is 12.2 Å². The second-order valence-corrected chi connectivity index (χ2v) is 12.9. The number of carbonyl (C=O) groups is 3. The highest BCUT2D eigenvalue weighted by molar-refractivity contribution is 8.00.